The van der Waals surface area contributed by atoms with Crippen LogP contribution in [0, 0.1) is 12.8 Å². The summed E-state index contributed by atoms with van der Waals surface area (Å²) in [6.45, 7) is 7.12. The number of aromatic nitrogens is 2. The van der Waals surface area contributed by atoms with Crippen molar-refractivity contribution in [3.8, 4) is 5.88 Å². The lowest BCUT2D eigenvalue weighted by Gasteiger charge is -2.58. The Bertz CT molecular complexity index is 845. The zero-order valence-electron chi connectivity index (χ0n) is 17.6. The van der Waals surface area contributed by atoms with Crippen molar-refractivity contribution in [3.05, 3.63) is 41.4 Å². The maximum Gasteiger partial charge on any atom is 0.259 e. The number of nitrogens with zero attached hydrogens (tertiary/aromatic N) is 4. The fourth-order valence-electron chi connectivity index (χ4n) is 4.61. The van der Waals surface area contributed by atoms with E-state index in [1.54, 1.807) is 6.20 Å². The molecule has 29 heavy (non-hydrogen) atoms. The number of hydrogen-bond acceptors (Lipinski definition) is 6. The van der Waals surface area contributed by atoms with E-state index >= 15 is 0 Å². The minimum absolute atomic E-state index is 0.0437. The average molecular weight is 399 g/mol. The fourth-order valence-corrected chi connectivity index (χ4v) is 4.61. The largest absolute Gasteiger partial charge is 0.477 e. The zero-order valence-corrected chi connectivity index (χ0v) is 17.6. The molecule has 2 aromatic heterocycles. The van der Waals surface area contributed by atoms with Crippen LogP contribution in [0.2, 0.25) is 0 Å². The normalized spacial score (nSPS) is 21.2. The van der Waals surface area contributed by atoms with Crippen LogP contribution in [0.3, 0.4) is 0 Å². The molecule has 4 heterocycles. The van der Waals surface area contributed by atoms with Crippen molar-refractivity contribution >= 4 is 5.91 Å². The number of carbonyl (C=O) groups excluding carboxylic acids is 1. The molecule has 1 spiro atoms. The molecule has 7 nitrogen and oxygen atoms in total. The van der Waals surface area contributed by atoms with E-state index in [4.69, 9.17) is 9.26 Å². The lowest BCUT2D eigenvalue weighted by molar-refractivity contribution is -0.0696. The summed E-state index contributed by atoms with van der Waals surface area (Å²) in [6, 6.07) is 5.72. The number of aryl methyl sites for hydroxylation is 2. The Hall–Kier alpha value is -2.41. The van der Waals surface area contributed by atoms with E-state index in [9.17, 15) is 4.79 Å². The third kappa shape index (κ3) is 3.88. The first-order chi connectivity index (χ1) is 14.0. The standard InChI is InChI=1S/C22H30N4O3/c1-4-7-18-20(16(2)24-29-18)21(27)26-14-22(15-26)12-17(9-11-25(22)3)13-28-19-8-5-6-10-23-19/h5-6,8,10,17H,4,7,9,11-15H2,1-3H3/t17-/m1/s1. The molecule has 0 aromatic carbocycles. The lowest BCUT2D eigenvalue weighted by Crippen LogP contribution is -2.72. The number of rotatable bonds is 6. The molecule has 2 aliphatic heterocycles. The van der Waals surface area contributed by atoms with Gasteiger partial charge in [0.15, 0.2) is 0 Å². The Morgan fingerprint density at radius 2 is 2.21 bits per heavy atom. The van der Waals surface area contributed by atoms with E-state index < -0.39 is 0 Å². The summed E-state index contributed by atoms with van der Waals surface area (Å²) in [5, 5.41) is 4.03. The van der Waals surface area contributed by atoms with Crippen molar-refractivity contribution in [1.29, 1.82) is 0 Å². The molecule has 0 unspecified atom stereocenters. The summed E-state index contributed by atoms with van der Waals surface area (Å²) in [7, 11) is 2.17. The Kier molecular flexibility index (Phi) is 5.58. The molecule has 1 amide bonds. The van der Waals surface area contributed by atoms with Crippen LogP contribution < -0.4 is 4.74 Å². The number of piperidine rings is 1. The highest BCUT2D eigenvalue weighted by atomic mass is 16.5. The van der Waals surface area contributed by atoms with E-state index in [0.717, 1.165) is 51.1 Å². The number of amides is 1. The molecule has 2 fully saturated rings. The topological polar surface area (TPSA) is 71.7 Å². The molecule has 0 bridgehead atoms. The molecule has 2 saturated heterocycles. The van der Waals surface area contributed by atoms with Crippen LogP contribution in [-0.4, -0.2) is 64.7 Å². The predicted molar refractivity (Wildman–Crippen MR) is 109 cm³/mol. The summed E-state index contributed by atoms with van der Waals surface area (Å²) in [6.07, 6.45) is 5.56. The van der Waals surface area contributed by atoms with E-state index in [0.29, 0.717) is 29.7 Å². The third-order valence-electron chi connectivity index (χ3n) is 6.34. The summed E-state index contributed by atoms with van der Waals surface area (Å²) in [4.78, 5) is 21.7. The summed E-state index contributed by atoms with van der Waals surface area (Å²) in [5.74, 6) is 1.92. The predicted octanol–water partition coefficient (Wildman–Crippen LogP) is 2.95. The molecule has 0 saturated carbocycles. The number of likely N-dealkylation sites (tertiary alicyclic amines) is 2. The van der Waals surface area contributed by atoms with Crippen LogP contribution in [-0.2, 0) is 6.42 Å². The second-order valence-corrected chi connectivity index (χ2v) is 8.46. The molecular formula is C22H30N4O3. The zero-order chi connectivity index (χ0) is 20.4. The number of hydrogen-bond donors (Lipinski definition) is 0. The van der Waals surface area contributed by atoms with Crippen LogP contribution in [0.5, 0.6) is 5.88 Å². The van der Waals surface area contributed by atoms with Gasteiger partial charge in [-0.3, -0.25) is 9.69 Å². The Morgan fingerprint density at radius 3 is 2.93 bits per heavy atom. The van der Waals surface area contributed by atoms with Gasteiger partial charge in [-0.2, -0.15) is 0 Å². The summed E-state index contributed by atoms with van der Waals surface area (Å²) in [5.41, 5.74) is 1.40. The molecule has 4 rings (SSSR count). The smallest absolute Gasteiger partial charge is 0.259 e. The van der Waals surface area contributed by atoms with Crippen molar-refractivity contribution in [2.75, 3.05) is 33.3 Å². The van der Waals surface area contributed by atoms with E-state index in [2.05, 4.69) is 29.0 Å². The highest BCUT2D eigenvalue weighted by Gasteiger charge is 2.51. The second kappa shape index (κ2) is 8.14. The van der Waals surface area contributed by atoms with Gasteiger partial charge in [0.2, 0.25) is 5.88 Å². The third-order valence-corrected chi connectivity index (χ3v) is 6.34. The quantitative estimate of drug-likeness (QED) is 0.745. The maximum atomic E-state index is 13.1. The molecule has 0 radical (unpaired) electrons. The molecule has 7 heteroatoms. The van der Waals surface area contributed by atoms with Gasteiger partial charge < -0.3 is 14.2 Å². The van der Waals surface area contributed by atoms with Gasteiger partial charge in [0.25, 0.3) is 5.91 Å². The van der Waals surface area contributed by atoms with Gasteiger partial charge in [-0.15, -0.1) is 0 Å². The number of likely N-dealkylation sites (N-methyl/N-ethyl adjacent to an activating group) is 1. The summed E-state index contributed by atoms with van der Waals surface area (Å²) < 4.78 is 11.3. The van der Waals surface area contributed by atoms with Crippen LogP contribution >= 0.6 is 0 Å². The molecule has 2 aliphatic rings. The first-order valence-corrected chi connectivity index (χ1v) is 10.5. The molecule has 2 aromatic rings. The van der Waals surface area contributed by atoms with Crippen molar-refractivity contribution in [2.24, 2.45) is 5.92 Å². The Morgan fingerprint density at radius 1 is 1.38 bits per heavy atom. The van der Waals surface area contributed by atoms with Crippen molar-refractivity contribution in [1.82, 2.24) is 19.9 Å². The highest BCUT2D eigenvalue weighted by molar-refractivity contribution is 5.97. The Labute approximate surface area is 172 Å². The number of pyridine rings is 1. The summed E-state index contributed by atoms with van der Waals surface area (Å²) >= 11 is 0. The van der Waals surface area contributed by atoms with Gasteiger partial charge >= 0.3 is 0 Å². The minimum atomic E-state index is 0.0437. The van der Waals surface area contributed by atoms with Crippen LogP contribution in [0.4, 0.5) is 0 Å². The molecule has 156 valence electrons. The number of carbonyl (C=O) groups is 1. The maximum absolute atomic E-state index is 13.1. The van der Waals surface area contributed by atoms with E-state index in [1.807, 2.05) is 30.0 Å². The Balaban J connectivity index is 1.38. The molecular weight excluding hydrogens is 368 g/mol. The van der Waals surface area contributed by atoms with Crippen LogP contribution in [0.25, 0.3) is 0 Å². The second-order valence-electron chi connectivity index (χ2n) is 8.46. The van der Waals surface area contributed by atoms with Crippen molar-refractivity contribution in [3.63, 3.8) is 0 Å². The van der Waals surface area contributed by atoms with Gasteiger partial charge in [0.1, 0.15) is 11.3 Å². The first kappa shape index (κ1) is 19.9. The molecule has 0 N–H and O–H groups in total. The van der Waals surface area contributed by atoms with E-state index in [-0.39, 0.29) is 11.4 Å². The van der Waals surface area contributed by atoms with Gasteiger partial charge in [0, 0.05) is 31.8 Å². The fraction of sp³-hybridized carbons (Fsp3) is 0.591. The van der Waals surface area contributed by atoms with Crippen LogP contribution in [0.1, 0.15) is 48.0 Å². The molecule has 1 atom stereocenters. The van der Waals surface area contributed by atoms with Gasteiger partial charge in [-0.1, -0.05) is 18.1 Å². The van der Waals surface area contributed by atoms with Crippen LogP contribution in [0.15, 0.2) is 28.9 Å². The average Bonchev–Trinajstić information content (AvgIpc) is 3.06. The van der Waals surface area contributed by atoms with Crippen molar-refractivity contribution < 1.29 is 14.1 Å². The van der Waals surface area contributed by atoms with E-state index in [1.165, 1.54) is 0 Å². The van der Waals surface area contributed by atoms with Crippen molar-refractivity contribution in [2.45, 2.75) is 45.1 Å². The first-order valence-electron chi connectivity index (χ1n) is 10.5. The number of ether oxygens (including phenoxy) is 1. The van der Waals surface area contributed by atoms with Gasteiger partial charge in [0.05, 0.1) is 17.8 Å². The lowest BCUT2D eigenvalue weighted by atomic mass is 9.75. The SMILES string of the molecule is CCCc1onc(C)c1C(=O)N1CC2(C[C@H](COc3ccccn3)CCN2C)C1. The van der Waals surface area contributed by atoms with Gasteiger partial charge in [-0.25, -0.2) is 4.98 Å². The monoisotopic (exact) mass is 398 g/mol. The highest BCUT2D eigenvalue weighted by Crippen LogP contribution is 2.39. The minimum Gasteiger partial charge on any atom is -0.477 e. The molecule has 0 aliphatic carbocycles. The van der Waals surface area contributed by atoms with Gasteiger partial charge in [-0.05, 0) is 51.8 Å².